The fourth-order valence-electron chi connectivity index (χ4n) is 2.20. The van der Waals surface area contributed by atoms with Crippen molar-refractivity contribution in [2.24, 2.45) is 0 Å². The van der Waals surface area contributed by atoms with Gasteiger partial charge in [-0.1, -0.05) is 12.1 Å². The minimum Gasteiger partial charge on any atom is -0.495 e. The van der Waals surface area contributed by atoms with Crippen LogP contribution in [0.25, 0.3) is 0 Å². The summed E-state index contributed by atoms with van der Waals surface area (Å²) in [5.74, 6) is -0.412. The molecule has 3 N–H and O–H groups in total. The second-order valence-corrected chi connectivity index (χ2v) is 4.11. The Bertz CT molecular complexity index is 438. The van der Waals surface area contributed by atoms with E-state index in [1.807, 2.05) is 0 Å². The zero-order chi connectivity index (χ0) is 12.5. The summed E-state index contributed by atoms with van der Waals surface area (Å²) in [6.45, 7) is 0.586. The molecule has 1 atom stereocenters. The quantitative estimate of drug-likeness (QED) is 0.767. The molecule has 0 aromatic heterocycles. The topological polar surface area (TPSA) is 81.8 Å². The predicted molar refractivity (Wildman–Crippen MR) is 62.2 cm³/mol. The molecule has 1 aromatic rings. The van der Waals surface area contributed by atoms with Crippen molar-refractivity contribution in [1.29, 1.82) is 0 Å². The van der Waals surface area contributed by atoms with Crippen molar-refractivity contribution in [2.45, 2.75) is 11.8 Å². The molecular formula is C12H15NO4. The number of para-hydroxylation sites is 1. The summed E-state index contributed by atoms with van der Waals surface area (Å²) >= 11 is 0. The highest BCUT2D eigenvalue weighted by Crippen LogP contribution is 2.40. The Labute approximate surface area is 99.1 Å². The van der Waals surface area contributed by atoms with E-state index in [0.29, 0.717) is 30.0 Å². The second kappa shape index (κ2) is 4.25. The highest BCUT2D eigenvalue weighted by molar-refractivity contribution is 5.85. The van der Waals surface area contributed by atoms with Gasteiger partial charge in [0.2, 0.25) is 0 Å². The number of methoxy groups -OCH3 is 1. The predicted octanol–water partition coefficient (Wildman–Crippen LogP) is 1.02. The van der Waals surface area contributed by atoms with E-state index < -0.39 is 11.4 Å². The summed E-state index contributed by atoms with van der Waals surface area (Å²) in [6.07, 6.45) is 0.430. The van der Waals surface area contributed by atoms with Crippen molar-refractivity contribution in [3.05, 3.63) is 23.8 Å². The van der Waals surface area contributed by atoms with Gasteiger partial charge >= 0.3 is 5.97 Å². The summed E-state index contributed by atoms with van der Waals surface area (Å²) in [6, 6.07) is 5.18. The first-order chi connectivity index (χ1) is 8.12. The number of anilines is 1. The van der Waals surface area contributed by atoms with Crippen LogP contribution in [0.15, 0.2) is 18.2 Å². The largest absolute Gasteiger partial charge is 0.495 e. The molecule has 92 valence electrons. The number of aliphatic carboxylic acids is 1. The van der Waals surface area contributed by atoms with Crippen molar-refractivity contribution in [1.82, 2.24) is 0 Å². The van der Waals surface area contributed by atoms with Crippen LogP contribution >= 0.6 is 0 Å². The van der Waals surface area contributed by atoms with Gasteiger partial charge in [0.25, 0.3) is 0 Å². The maximum Gasteiger partial charge on any atom is 0.316 e. The zero-order valence-corrected chi connectivity index (χ0v) is 9.60. The standard InChI is InChI=1S/C12H15NO4/c1-16-9-4-2-3-8(10(9)13)12(11(14)15)5-6-17-7-12/h2-4H,5-7,13H2,1H3,(H,14,15). The molecule has 0 aliphatic carbocycles. The van der Waals surface area contributed by atoms with Gasteiger partial charge in [-0.05, 0) is 18.1 Å². The Kier molecular flexibility index (Phi) is 2.93. The normalized spacial score (nSPS) is 23.6. The van der Waals surface area contributed by atoms with E-state index in [1.165, 1.54) is 7.11 Å². The molecule has 2 rings (SSSR count). The molecule has 0 radical (unpaired) electrons. The number of rotatable bonds is 3. The molecule has 5 heteroatoms. The van der Waals surface area contributed by atoms with Gasteiger partial charge in [-0.15, -0.1) is 0 Å². The number of hydrogen-bond acceptors (Lipinski definition) is 4. The summed E-state index contributed by atoms with van der Waals surface area (Å²) in [5.41, 5.74) is 5.86. The van der Waals surface area contributed by atoms with Crippen molar-refractivity contribution in [3.8, 4) is 5.75 Å². The lowest BCUT2D eigenvalue weighted by Gasteiger charge is -2.25. The van der Waals surface area contributed by atoms with Crippen LogP contribution in [0.3, 0.4) is 0 Å². The number of nitrogen functional groups attached to an aromatic ring is 1. The van der Waals surface area contributed by atoms with Gasteiger partial charge in [-0.25, -0.2) is 0 Å². The number of ether oxygens (including phenoxy) is 2. The number of benzene rings is 1. The molecule has 1 aliphatic rings. The molecule has 1 unspecified atom stereocenters. The van der Waals surface area contributed by atoms with E-state index in [1.54, 1.807) is 18.2 Å². The van der Waals surface area contributed by atoms with E-state index in [9.17, 15) is 9.90 Å². The lowest BCUT2D eigenvalue weighted by atomic mass is 9.79. The molecule has 1 aromatic carbocycles. The monoisotopic (exact) mass is 237 g/mol. The molecule has 1 saturated heterocycles. The molecule has 17 heavy (non-hydrogen) atoms. The zero-order valence-electron chi connectivity index (χ0n) is 9.60. The Balaban J connectivity index is 2.54. The third-order valence-corrected chi connectivity index (χ3v) is 3.23. The van der Waals surface area contributed by atoms with Crippen LogP contribution in [0.4, 0.5) is 5.69 Å². The molecule has 0 bridgehead atoms. The molecule has 0 saturated carbocycles. The van der Waals surface area contributed by atoms with E-state index in [2.05, 4.69) is 0 Å². The summed E-state index contributed by atoms with van der Waals surface area (Å²) in [5, 5.41) is 9.43. The van der Waals surface area contributed by atoms with Gasteiger partial charge in [-0.3, -0.25) is 4.79 Å². The first kappa shape index (κ1) is 11.7. The number of nitrogens with two attached hydrogens (primary N) is 1. The molecular weight excluding hydrogens is 222 g/mol. The van der Waals surface area contributed by atoms with Crippen molar-refractivity contribution in [3.63, 3.8) is 0 Å². The Morgan fingerprint density at radius 1 is 1.59 bits per heavy atom. The van der Waals surface area contributed by atoms with Crippen LogP contribution in [-0.4, -0.2) is 31.4 Å². The van der Waals surface area contributed by atoms with Crippen LogP contribution in [0.5, 0.6) is 5.75 Å². The Morgan fingerprint density at radius 2 is 2.35 bits per heavy atom. The molecule has 1 heterocycles. The van der Waals surface area contributed by atoms with E-state index in [4.69, 9.17) is 15.2 Å². The summed E-state index contributed by atoms with van der Waals surface area (Å²) < 4.78 is 10.3. The molecule has 1 aliphatic heterocycles. The molecule has 0 spiro atoms. The van der Waals surface area contributed by atoms with Gasteiger partial charge in [-0.2, -0.15) is 0 Å². The Morgan fingerprint density at radius 3 is 2.88 bits per heavy atom. The highest BCUT2D eigenvalue weighted by Gasteiger charge is 2.45. The van der Waals surface area contributed by atoms with Crippen LogP contribution < -0.4 is 10.5 Å². The first-order valence-corrected chi connectivity index (χ1v) is 5.36. The SMILES string of the molecule is COc1cccc(C2(C(=O)O)CCOC2)c1N. The lowest BCUT2D eigenvalue weighted by molar-refractivity contribution is -0.143. The smallest absolute Gasteiger partial charge is 0.316 e. The van der Waals surface area contributed by atoms with Crippen LogP contribution in [0, 0.1) is 0 Å². The van der Waals surface area contributed by atoms with Gasteiger partial charge in [0.1, 0.15) is 11.2 Å². The van der Waals surface area contributed by atoms with Crippen LogP contribution in [-0.2, 0) is 14.9 Å². The minimum atomic E-state index is -1.04. The number of carboxylic acids is 1. The van der Waals surface area contributed by atoms with E-state index >= 15 is 0 Å². The van der Waals surface area contributed by atoms with Crippen molar-refractivity contribution in [2.75, 3.05) is 26.1 Å². The average Bonchev–Trinajstić information content (AvgIpc) is 2.79. The van der Waals surface area contributed by atoms with Crippen LogP contribution in [0.1, 0.15) is 12.0 Å². The van der Waals surface area contributed by atoms with Gasteiger partial charge in [0.15, 0.2) is 0 Å². The van der Waals surface area contributed by atoms with Gasteiger partial charge in [0.05, 0.1) is 19.4 Å². The summed E-state index contributed by atoms with van der Waals surface area (Å²) in [4.78, 5) is 11.5. The Hall–Kier alpha value is -1.75. The maximum atomic E-state index is 11.5. The molecule has 5 nitrogen and oxygen atoms in total. The van der Waals surface area contributed by atoms with Gasteiger partial charge in [0, 0.05) is 6.61 Å². The van der Waals surface area contributed by atoms with Crippen molar-refractivity contribution >= 4 is 11.7 Å². The second-order valence-electron chi connectivity index (χ2n) is 4.11. The molecule has 0 amide bonds. The first-order valence-electron chi connectivity index (χ1n) is 5.36. The maximum absolute atomic E-state index is 11.5. The number of carbonyl (C=O) groups is 1. The van der Waals surface area contributed by atoms with Crippen molar-refractivity contribution < 1.29 is 19.4 Å². The van der Waals surface area contributed by atoms with E-state index in [-0.39, 0.29) is 6.61 Å². The van der Waals surface area contributed by atoms with Gasteiger partial charge < -0.3 is 20.3 Å². The number of hydrogen-bond donors (Lipinski definition) is 2. The fourth-order valence-corrected chi connectivity index (χ4v) is 2.20. The minimum absolute atomic E-state index is 0.152. The highest BCUT2D eigenvalue weighted by atomic mass is 16.5. The number of carboxylic acid groups (broad SMARTS) is 1. The third kappa shape index (κ3) is 1.72. The molecule has 1 fully saturated rings. The fraction of sp³-hybridized carbons (Fsp3) is 0.417. The van der Waals surface area contributed by atoms with Crippen LogP contribution in [0.2, 0.25) is 0 Å². The average molecular weight is 237 g/mol. The summed E-state index contributed by atoms with van der Waals surface area (Å²) in [7, 11) is 1.51. The lowest BCUT2D eigenvalue weighted by Crippen LogP contribution is -2.37. The third-order valence-electron chi connectivity index (χ3n) is 3.23. The van der Waals surface area contributed by atoms with E-state index in [0.717, 1.165) is 0 Å².